The van der Waals surface area contributed by atoms with Crippen molar-refractivity contribution in [3.05, 3.63) is 48.6 Å². The Balaban J connectivity index is 4.43. The van der Waals surface area contributed by atoms with Crippen molar-refractivity contribution in [2.75, 3.05) is 19.8 Å². The number of phosphoric acid groups is 1. The van der Waals surface area contributed by atoms with Crippen LogP contribution in [0.3, 0.4) is 0 Å². The molecule has 0 aliphatic heterocycles. The molecule has 0 heterocycles. The summed E-state index contributed by atoms with van der Waals surface area (Å²) < 4.78 is 22.0. The summed E-state index contributed by atoms with van der Waals surface area (Å²) >= 11 is 0. The fourth-order valence-corrected chi connectivity index (χ4v) is 6.69. The molecule has 9 nitrogen and oxygen atoms in total. The van der Waals surface area contributed by atoms with Gasteiger partial charge in [0, 0.05) is 6.54 Å². The van der Waals surface area contributed by atoms with E-state index in [1.807, 2.05) is 6.08 Å². The highest BCUT2D eigenvalue weighted by Gasteiger charge is 2.27. The van der Waals surface area contributed by atoms with E-state index in [9.17, 15) is 24.5 Å². The molecule has 310 valence electrons. The number of hydrogen-bond acceptors (Lipinski definition) is 7. The van der Waals surface area contributed by atoms with Gasteiger partial charge < -0.3 is 26.2 Å². The Bertz CT molecular complexity index is 988. The lowest BCUT2D eigenvalue weighted by Gasteiger charge is -2.24. The molecule has 4 unspecified atom stereocenters. The van der Waals surface area contributed by atoms with Crippen molar-refractivity contribution in [1.82, 2.24) is 5.32 Å². The highest BCUT2D eigenvalue weighted by Crippen LogP contribution is 2.43. The van der Waals surface area contributed by atoms with Crippen LogP contribution in [0, 0.1) is 0 Å². The quantitative estimate of drug-likeness (QED) is 0.0235. The number of rotatable bonds is 39. The number of hydrogen-bond donors (Lipinski definition) is 5. The number of carbonyl (C=O) groups is 1. The number of nitrogens with one attached hydrogen (secondary N) is 1. The third kappa shape index (κ3) is 37.1. The van der Waals surface area contributed by atoms with Gasteiger partial charge in [-0.3, -0.25) is 13.8 Å². The minimum atomic E-state index is -4.41. The van der Waals surface area contributed by atoms with Crippen LogP contribution in [0.4, 0.5) is 0 Å². The molecule has 0 aromatic carbocycles. The lowest BCUT2D eigenvalue weighted by Crippen LogP contribution is -2.46. The van der Waals surface area contributed by atoms with E-state index in [0.29, 0.717) is 12.8 Å². The smallest absolute Gasteiger partial charge is 0.393 e. The number of aliphatic hydroxyl groups excluding tert-OH is 2. The molecule has 0 aromatic heterocycles. The Labute approximate surface area is 325 Å². The standard InChI is InChI=1S/C43H81N2O7P/c1-3-5-7-9-11-13-15-17-19-21-23-25-27-29-31-33-35-42(47)41(39-52-53(49,50)51-37-36-44)45-43(48)38-40(46)34-32-30-28-26-24-22-20-18-16-14-12-10-8-6-4-2/h12,14,18,20,25,27,33,35,40-42,46-47H,3-11,13,15-17,19,21-24,26,28-32,34,36-39,44H2,1-2H3,(H,45,48)(H,49,50)/b14-12-,20-18-,27-25+,35-33+. The van der Waals surface area contributed by atoms with E-state index in [-0.39, 0.29) is 19.6 Å². The van der Waals surface area contributed by atoms with Crippen LogP contribution in [0.1, 0.15) is 181 Å². The summed E-state index contributed by atoms with van der Waals surface area (Å²) in [5.41, 5.74) is 5.35. The molecule has 0 rings (SSSR count). The van der Waals surface area contributed by atoms with Crippen molar-refractivity contribution in [3.8, 4) is 0 Å². The molecule has 0 saturated carbocycles. The van der Waals surface area contributed by atoms with Crippen LogP contribution in [-0.4, -0.2) is 59.0 Å². The molecular formula is C43H81N2O7P. The lowest BCUT2D eigenvalue weighted by molar-refractivity contribution is -0.124. The van der Waals surface area contributed by atoms with Crippen molar-refractivity contribution in [2.45, 2.75) is 199 Å². The topological polar surface area (TPSA) is 151 Å². The molecule has 6 N–H and O–H groups in total. The molecule has 0 aromatic rings. The van der Waals surface area contributed by atoms with Gasteiger partial charge in [-0.05, 0) is 64.2 Å². The first-order chi connectivity index (χ1) is 25.8. The van der Waals surface area contributed by atoms with Crippen LogP contribution < -0.4 is 11.1 Å². The largest absolute Gasteiger partial charge is 0.472 e. The van der Waals surface area contributed by atoms with Crippen LogP contribution in [0.25, 0.3) is 0 Å². The minimum Gasteiger partial charge on any atom is -0.393 e. The second-order valence-electron chi connectivity index (χ2n) is 14.4. The number of unbranched alkanes of at least 4 members (excludes halogenated alkanes) is 19. The fraction of sp³-hybridized carbons (Fsp3) is 0.791. The normalized spacial score (nSPS) is 15.2. The molecule has 0 saturated heterocycles. The van der Waals surface area contributed by atoms with Crippen molar-refractivity contribution >= 4 is 13.7 Å². The van der Waals surface area contributed by atoms with Gasteiger partial charge in [0.25, 0.3) is 0 Å². The molecule has 0 fully saturated rings. The highest BCUT2D eigenvalue weighted by molar-refractivity contribution is 7.47. The third-order valence-electron chi connectivity index (χ3n) is 9.18. The van der Waals surface area contributed by atoms with Gasteiger partial charge in [-0.1, -0.05) is 159 Å². The van der Waals surface area contributed by atoms with E-state index in [0.717, 1.165) is 57.8 Å². The van der Waals surface area contributed by atoms with E-state index in [1.165, 1.54) is 89.9 Å². The maximum absolute atomic E-state index is 12.8. The van der Waals surface area contributed by atoms with Gasteiger partial charge in [0.2, 0.25) is 5.91 Å². The number of aliphatic hydroxyl groups is 2. The van der Waals surface area contributed by atoms with Crippen LogP contribution >= 0.6 is 7.82 Å². The predicted molar refractivity (Wildman–Crippen MR) is 223 cm³/mol. The van der Waals surface area contributed by atoms with Gasteiger partial charge in [-0.2, -0.15) is 0 Å². The van der Waals surface area contributed by atoms with Gasteiger partial charge in [-0.25, -0.2) is 4.57 Å². The monoisotopic (exact) mass is 769 g/mol. The van der Waals surface area contributed by atoms with Crippen LogP contribution in [-0.2, 0) is 18.4 Å². The summed E-state index contributed by atoms with van der Waals surface area (Å²) in [6.45, 7) is 3.90. The van der Waals surface area contributed by atoms with E-state index in [4.69, 9.17) is 14.8 Å². The summed E-state index contributed by atoms with van der Waals surface area (Å²) in [6.07, 6.45) is 43.3. The first-order valence-corrected chi connectivity index (χ1v) is 22.8. The van der Waals surface area contributed by atoms with Gasteiger partial charge in [0.1, 0.15) is 0 Å². The zero-order chi connectivity index (χ0) is 39.1. The van der Waals surface area contributed by atoms with Crippen molar-refractivity contribution in [3.63, 3.8) is 0 Å². The van der Waals surface area contributed by atoms with Crippen LogP contribution in [0.15, 0.2) is 48.6 Å². The molecule has 0 radical (unpaired) electrons. The van der Waals surface area contributed by atoms with Crippen molar-refractivity contribution in [2.24, 2.45) is 5.73 Å². The van der Waals surface area contributed by atoms with Crippen molar-refractivity contribution < 1.29 is 33.5 Å². The first kappa shape index (κ1) is 51.4. The Hall–Kier alpha value is -1.58. The highest BCUT2D eigenvalue weighted by atomic mass is 31.2. The first-order valence-electron chi connectivity index (χ1n) is 21.3. The van der Waals surface area contributed by atoms with Gasteiger partial charge >= 0.3 is 7.82 Å². The molecule has 0 bridgehead atoms. The molecule has 53 heavy (non-hydrogen) atoms. The predicted octanol–water partition coefficient (Wildman–Crippen LogP) is 10.7. The average Bonchev–Trinajstić information content (AvgIpc) is 3.13. The van der Waals surface area contributed by atoms with Gasteiger partial charge in [0.15, 0.2) is 0 Å². The van der Waals surface area contributed by atoms with Crippen molar-refractivity contribution in [1.29, 1.82) is 0 Å². The van der Waals surface area contributed by atoms with Gasteiger partial charge in [-0.15, -0.1) is 0 Å². The average molecular weight is 769 g/mol. The van der Waals surface area contributed by atoms with E-state index in [1.54, 1.807) is 6.08 Å². The fourth-order valence-electron chi connectivity index (χ4n) is 5.93. The molecule has 4 atom stereocenters. The minimum absolute atomic E-state index is 0.0414. The number of nitrogens with two attached hydrogens (primary N) is 1. The summed E-state index contributed by atoms with van der Waals surface area (Å²) in [4.78, 5) is 22.7. The molecule has 1 amide bonds. The summed E-state index contributed by atoms with van der Waals surface area (Å²) in [6, 6.07) is -1.00. The SMILES string of the molecule is CCCCC/C=C\C/C=C\CCCCCCCC(O)CC(=O)NC(COP(=O)(O)OCCN)C(O)/C=C/CC/C=C/CCCCCCCCCCCC. The van der Waals surface area contributed by atoms with E-state index in [2.05, 4.69) is 55.6 Å². The number of phosphoric ester groups is 1. The Morgan fingerprint density at radius 3 is 1.72 bits per heavy atom. The Kier molecular flexibility index (Phi) is 37.5. The number of allylic oxidation sites excluding steroid dienone is 7. The third-order valence-corrected chi connectivity index (χ3v) is 10.2. The Morgan fingerprint density at radius 2 is 1.13 bits per heavy atom. The maximum atomic E-state index is 12.8. The zero-order valence-corrected chi connectivity index (χ0v) is 34.8. The summed E-state index contributed by atoms with van der Waals surface area (Å²) in [7, 11) is -4.41. The van der Waals surface area contributed by atoms with E-state index >= 15 is 0 Å². The maximum Gasteiger partial charge on any atom is 0.472 e. The second kappa shape index (κ2) is 38.7. The number of carbonyl (C=O) groups excluding carboxylic acids is 1. The molecule has 0 spiro atoms. The Morgan fingerprint density at radius 1 is 0.660 bits per heavy atom. The van der Waals surface area contributed by atoms with Gasteiger partial charge in [0.05, 0.1) is 37.9 Å². The zero-order valence-electron chi connectivity index (χ0n) is 33.9. The lowest BCUT2D eigenvalue weighted by atomic mass is 10.0. The van der Waals surface area contributed by atoms with E-state index < -0.39 is 38.6 Å². The van der Waals surface area contributed by atoms with Crippen LogP contribution in [0.5, 0.6) is 0 Å². The van der Waals surface area contributed by atoms with Crippen LogP contribution in [0.2, 0.25) is 0 Å². The molecule has 0 aliphatic rings. The molecule has 0 aliphatic carbocycles. The second-order valence-corrected chi connectivity index (χ2v) is 15.8. The molecule has 10 heteroatoms. The summed E-state index contributed by atoms with van der Waals surface area (Å²) in [5.74, 6) is -0.466. The number of amides is 1. The summed E-state index contributed by atoms with van der Waals surface area (Å²) in [5, 5.41) is 24.0. The molecular weight excluding hydrogens is 687 g/mol.